The fourth-order valence-electron chi connectivity index (χ4n) is 1.90. The van der Waals surface area contributed by atoms with E-state index in [-0.39, 0.29) is 0 Å². The molecule has 0 amide bonds. The Bertz CT molecular complexity index is 637. The molecule has 2 aromatic rings. The van der Waals surface area contributed by atoms with Crippen LogP contribution in [-0.4, -0.2) is 11.4 Å². The summed E-state index contributed by atoms with van der Waals surface area (Å²) in [6, 6.07) is 16.3. The third kappa shape index (κ3) is 7.13. The first-order valence-electron chi connectivity index (χ1n) is 7.07. The molecular formula is C18H20Br2FeN2. The maximum atomic E-state index is 4.67. The summed E-state index contributed by atoms with van der Waals surface area (Å²) in [6.45, 7) is 8.15. The molecule has 0 radical (unpaired) electrons. The quantitative estimate of drug-likeness (QED) is 0.338. The molecule has 0 spiro atoms. The first-order chi connectivity index (χ1) is 11.0. The Morgan fingerprint density at radius 1 is 0.739 bits per heavy atom. The predicted molar refractivity (Wildman–Crippen MR) is 106 cm³/mol. The molecule has 2 nitrogen and oxygen atoms in total. The number of rotatable bonds is 3. The standard InChI is InChI=1S/C18H20N2.2BrH.Fe/c1-13-9-5-7-11-17(13)19-15(3)16(4)20-18-12-8-6-10-14(18)2;;;/h5-12H,1-4H3;2*1H;/q;;;+2/p-2. The first kappa shape index (κ1) is 20.3. The summed E-state index contributed by atoms with van der Waals surface area (Å²) in [5.41, 5.74) is 6.25. The van der Waals surface area contributed by atoms with Gasteiger partial charge in [0, 0.05) is 0 Å². The molecule has 0 bridgehead atoms. The van der Waals surface area contributed by atoms with Crippen LogP contribution >= 0.6 is 28.2 Å². The van der Waals surface area contributed by atoms with Crippen molar-refractivity contribution in [1.82, 2.24) is 0 Å². The minimum absolute atomic E-state index is 0.875. The summed E-state index contributed by atoms with van der Waals surface area (Å²) < 4.78 is 0. The fraction of sp³-hybridized carbons (Fsp3) is 0.222. The van der Waals surface area contributed by atoms with Gasteiger partial charge < -0.3 is 0 Å². The van der Waals surface area contributed by atoms with E-state index < -0.39 is 0 Å². The number of benzene rings is 2. The van der Waals surface area contributed by atoms with Crippen LogP contribution in [0.4, 0.5) is 11.4 Å². The fourth-order valence-corrected chi connectivity index (χ4v) is 1.90. The molecule has 0 aromatic heterocycles. The average Bonchev–Trinajstić information content (AvgIpc) is 2.52. The zero-order chi connectivity index (χ0) is 17.2. The number of hydrogen-bond acceptors (Lipinski definition) is 2. The Hall–Kier alpha value is -0.741. The zero-order valence-electron chi connectivity index (χ0n) is 13.6. The van der Waals surface area contributed by atoms with Gasteiger partial charge in [-0.3, -0.25) is 9.98 Å². The van der Waals surface area contributed by atoms with Crippen LogP contribution in [0.25, 0.3) is 0 Å². The van der Waals surface area contributed by atoms with Gasteiger partial charge in [-0.1, -0.05) is 36.4 Å². The maximum absolute atomic E-state index is 4.67. The molecule has 0 atom stereocenters. The Kier molecular flexibility index (Phi) is 9.65. The van der Waals surface area contributed by atoms with Crippen molar-refractivity contribution >= 4 is 51.0 Å². The van der Waals surface area contributed by atoms with Crippen LogP contribution in [0, 0.1) is 13.8 Å². The second-order valence-electron chi connectivity index (χ2n) is 5.02. The van der Waals surface area contributed by atoms with E-state index >= 15 is 0 Å². The van der Waals surface area contributed by atoms with Gasteiger partial charge in [0.1, 0.15) is 0 Å². The van der Waals surface area contributed by atoms with Gasteiger partial charge in [0.2, 0.25) is 0 Å². The third-order valence-electron chi connectivity index (χ3n) is 3.33. The van der Waals surface area contributed by atoms with Crippen LogP contribution < -0.4 is 0 Å². The Morgan fingerprint density at radius 3 is 1.35 bits per heavy atom. The molecule has 0 saturated heterocycles. The number of nitrogens with zero attached hydrogens (tertiary/aromatic N) is 2. The molecular weight excluding hydrogens is 460 g/mol. The summed E-state index contributed by atoms with van der Waals surface area (Å²) in [7, 11) is 0. The molecule has 5 heteroatoms. The van der Waals surface area contributed by atoms with Gasteiger partial charge in [-0.15, -0.1) is 0 Å². The van der Waals surface area contributed by atoms with Crippen molar-refractivity contribution in [1.29, 1.82) is 0 Å². The number of aliphatic imine (C=N–C) groups is 2. The van der Waals surface area contributed by atoms with Gasteiger partial charge in [0.25, 0.3) is 0 Å². The first-order valence-corrected chi connectivity index (χ1v) is 12.5. The molecule has 0 N–H and O–H groups in total. The van der Waals surface area contributed by atoms with Crippen molar-refractivity contribution in [2.45, 2.75) is 27.7 Å². The van der Waals surface area contributed by atoms with Gasteiger partial charge in [0.05, 0.1) is 22.8 Å². The second-order valence-corrected chi connectivity index (χ2v) is 10.6. The molecule has 0 fully saturated rings. The van der Waals surface area contributed by atoms with Crippen LogP contribution in [0.2, 0.25) is 0 Å². The van der Waals surface area contributed by atoms with E-state index in [1.54, 1.807) is 0 Å². The van der Waals surface area contributed by atoms with Crippen molar-refractivity contribution in [3.8, 4) is 0 Å². The van der Waals surface area contributed by atoms with E-state index in [2.05, 4.69) is 64.2 Å². The summed E-state index contributed by atoms with van der Waals surface area (Å²) in [5.74, 6) is 0. The second kappa shape index (κ2) is 10.9. The van der Waals surface area contributed by atoms with Crippen molar-refractivity contribution in [3.63, 3.8) is 0 Å². The van der Waals surface area contributed by atoms with E-state index in [0.717, 1.165) is 34.1 Å². The molecule has 0 aliphatic rings. The molecule has 124 valence electrons. The van der Waals surface area contributed by atoms with Gasteiger partial charge in [0.15, 0.2) is 0 Å². The number of para-hydroxylation sites is 2. The van der Waals surface area contributed by atoms with E-state index in [1.165, 1.54) is 11.1 Å². The molecule has 0 aliphatic heterocycles. The number of aryl methyl sites for hydroxylation is 2. The Balaban J connectivity index is 0.000000816. The van der Waals surface area contributed by atoms with Gasteiger partial charge in [-0.2, -0.15) is 0 Å². The summed E-state index contributed by atoms with van der Waals surface area (Å²) in [5, 5.41) is 0. The van der Waals surface area contributed by atoms with Gasteiger partial charge in [-0.25, -0.2) is 0 Å². The van der Waals surface area contributed by atoms with Crippen LogP contribution in [0.15, 0.2) is 58.5 Å². The van der Waals surface area contributed by atoms with E-state index in [1.807, 2.05) is 50.2 Å². The molecule has 2 rings (SSSR count). The normalized spacial score (nSPS) is 11.9. The minimum atomic E-state index is 0.875. The Morgan fingerprint density at radius 2 is 1.04 bits per heavy atom. The SMILES string of the molecule is CC(=Nc1ccccc1C)C(C)=Nc1ccccc1C.[Br][Fe][Br]. The van der Waals surface area contributed by atoms with E-state index in [4.69, 9.17) is 0 Å². The molecule has 0 unspecified atom stereocenters. The van der Waals surface area contributed by atoms with Crippen LogP contribution in [0.5, 0.6) is 0 Å². The predicted octanol–water partition coefficient (Wildman–Crippen LogP) is 6.88. The van der Waals surface area contributed by atoms with Gasteiger partial charge in [-0.05, 0) is 51.0 Å². The summed E-state index contributed by atoms with van der Waals surface area (Å²) >= 11 is 7.00. The number of halogens is 2. The zero-order valence-corrected chi connectivity index (χ0v) is 17.9. The van der Waals surface area contributed by atoms with E-state index in [9.17, 15) is 0 Å². The topological polar surface area (TPSA) is 24.7 Å². The molecule has 23 heavy (non-hydrogen) atoms. The molecule has 2 aromatic carbocycles. The summed E-state index contributed by atoms with van der Waals surface area (Å²) in [4.78, 5) is 9.34. The van der Waals surface area contributed by atoms with E-state index in [0.29, 0.717) is 0 Å². The van der Waals surface area contributed by atoms with Crippen molar-refractivity contribution in [2.24, 2.45) is 9.98 Å². The van der Waals surface area contributed by atoms with Gasteiger partial charge >= 0.3 is 39.6 Å². The van der Waals surface area contributed by atoms with Crippen molar-refractivity contribution in [3.05, 3.63) is 59.7 Å². The van der Waals surface area contributed by atoms with Crippen molar-refractivity contribution in [2.75, 3.05) is 0 Å². The Labute approximate surface area is 159 Å². The average molecular weight is 480 g/mol. The molecule has 0 saturated carbocycles. The molecule has 0 aliphatic carbocycles. The van der Waals surface area contributed by atoms with Crippen molar-refractivity contribution < 1.29 is 11.3 Å². The van der Waals surface area contributed by atoms with Crippen LogP contribution in [0.1, 0.15) is 25.0 Å². The monoisotopic (exact) mass is 478 g/mol. The van der Waals surface area contributed by atoms with Crippen LogP contribution in [-0.2, 0) is 11.3 Å². The molecule has 0 heterocycles. The summed E-state index contributed by atoms with van der Waals surface area (Å²) in [6.07, 6.45) is 0. The van der Waals surface area contributed by atoms with Crippen LogP contribution in [0.3, 0.4) is 0 Å². The number of hydrogen-bond donors (Lipinski definition) is 0. The third-order valence-corrected chi connectivity index (χ3v) is 3.33.